The summed E-state index contributed by atoms with van der Waals surface area (Å²) in [5.74, 6) is -0.879. The molecule has 2 N–H and O–H groups in total. The van der Waals surface area contributed by atoms with E-state index in [9.17, 15) is 19.1 Å². The number of aryl methyl sites for hydroxylation is 1. The third-order valence-electron chi connectivity index (χ3n) is 8.82. The molecule has 47 heavy (non-hydrogen) atoms. The maximum atomic E-state index is 14.1. The number of carbonyl (C=O) groups excluding carboxylic acids is 1. The molecule has 1 atom stereocenters. The number of fused-ring (bicyclic) bond motifs is 1. The Morgan fingerprint density at radius 1 is 1.13 bits per heavy atom. The summed E-state index contributed by atoms with van der Waals surface area (Å²) in [6, 6.07) is 5.98. The Hall–Kier alpha value is -4.18. The van der Waals surface area contributed by atoms with Gasteiger partial charge < -0.3 is 24.8 Å². The van der Waals surface area contributed by atoms with E-state index >= 15 is 0 Å². The SMILES string of the molecule is C=CCCOc1ccc(F)cc1CNC(=O)c1cn2c(N3CCC(C)(CCC=C)CC3)c([C@](C)(OC(C)(C)C)C(=O)O)c(C)cc2n1. The molecule has 1 aromatic carbocycles. The van der Waals surface area contributed by atoms with Crippen molar-refractivity contribution in [2.45, 2.75) is 91.4 Å². The number of aliphatic carboxylic acids is 1. The van der Waals surface area contributed by atoms with Gasteiger partial charge >= 0.3 is 5.97 Å². The van der Waals surface area contributed by atoms with Gasteiger partial charge in [0.1, 0.15) is 28.7 Å². The maximum Gasteiger partial charge on any atom is 0.340 e. The zero-order chi connectivity index (χ0) is 34.6. The number of imidazole rings is 1. The van der Waals surface area contributed by atoms with E-state index in [0.717, 1.165) is 25.7 Å². The highest BCUT2D eigenvalue weighted by molar-refractivity contribution is 5.93. The molecule has 3 heterocycles. The zero-order valence-electron chi connectivity index (χ0n) is 28.6. The minimum Gasteiger partial charge on any atom is -0.493 e. The number of carboxylic acids is 1. The third kappa shape index (κ3) is 8.22. The summed E-state index contributed by atoms with van der Waals surface area (Å²) in [5.41, 5.74) is 0.0480. The van der Waals surface area contributed by atoms with Crippen molar-refractivity contribution in [3.05, 3.63) is 84.0 Å². The highest BCUT2D eigenvalue weighted by Crippen LogP contribution is 2.43. The van der Waals surface area contributed by atoms with Crippen molar-refractivity contribution in [1.29, 1.82) is 0 Å². The molecule has 1 aliphatic heterocycles. The first-order chi connectivity index (χ1) is 22.1. The molecule has 9 nitrogen and oxygen atoms in total. The summed E-state index contributed by atoms with van der Waals surface area (Å²) in [4.78, 5) is 33.4. The molecule has 0 radical (unpaired) electrons. The Kier molecular flexibility index (Phi) is 10.8. The molecule has 4 rings (SSSR count). The van der Waals surface area contributed by atoms with Crippen LogP contribution in [-0.2, 0) is 21.7 Å². The van der Waals surface area contributed by atoms with E-state index in [-0.39, 0.29) is 17.7 Å². The van der Waals surface area contributed by atoms with Gasteiger partial charge in [-0.2, -0.15) is 0 Å². The predicted molar refractivity (Wildman–Crippen MR) is 183 cm³/mol. The van der Waals surface area contributed by atoms with Crippen molar-refractivity contribution >= 4 is 23.3 Å². The Balaban J connectivity index is 1.75. The minimum absolute atomic E-state index is 0.0247. The third-order valence-corrected chi connectivity index (χ3v) is 8.82. The summed E-state index contributed by atoms with van der Waals surface area (Å²) in [7, 11) is 0. The van der Waals surface area contributed by atoms with Crippen LogP contribution in [0.5, 0.6) is 5.75 Å². The lowest BCUT2D eigenvalue weighted by atomic mass is 9.76. The van der Waals surface area contributed by atoms with Gasteiger partial charge in [0.05, 0.1) is 12.2 Å². The highest BCUT2D eigenvalue weighted by atomic mass is 19.1. The molecular formula is C37H49FN4O5. The number of rotatable bonds is 14. The Morgan fingerprint density at radius 3 is 2.43 bits per heavy atom. The number of piperidine rings is 1. The van der Waals surface area contributed by atoms with Crippen molar-refractivity contribution in [1.82, 2.24) is 14.7 Å². The lowest BCUT2D eigenvalue weighted by Gasteiger charge is -2.43. The Bertz CT molecular complexity index is 1630. The van der Waals surface area contributed by atoms with Crippen LogP contribution in [0.1, 0.15) is 93.9 Å². The van der Waals surface area contributed by atoms with Gasteiger partial charge in [-0.15, -0.1) is 13.2 Å². The molecule has 254 valence electrons. The number of carboxylic acid groups (broad SMARTS) is 1. The van der Waals surface area contributed by atoms with E-state index < -0.39 is 28.9 Å². The second-order valence-electron chi connectivity index (χ2n) is 13.9. The maximum absolute atomic E-state index is 14.1. The summed E-state index contributed by atoms with van der Waals surface area (Å²) in [6.07, 6.45) is 9.73. The van der Waals surface area contributed by atoms with Crippen LogP contribution in [0.15, 0.2) is 55.8 Å². The number of nitrogens with zero attached hydrogens (tertiary/aromatic N) is 3. The molecule has 1 fully saturated rings. The molecule has 0 bridgehead atoms. The molecule has 0 spiro atoms. The Labute approximate surface area is 277 Å². The van der Waals surface area contributed by atoms with Crippen LogP contribution in [-0.4, -0.2) is 51.7 Å². The molecule has 0 saturated carbocycles. The first-order valence-electron chi connectivity index (χ1n) is 16.2. The van der Waals surface area contributed by atoms with Crippen molar-refractivity contribution in [3.63, 3.8) is 0 Å². The monoisotopic (exact) mass is 648 g/mol. The van der Waals surface area contributed by atoms with Crippen LogP contribution in [0.25, 0.3) is 5.65 Å². The number of halogens is 1. The average Bonchev–Trinajstić information content (AvgIpc) is 3.42. The Morgan fingerprint density at radius 2 is 1.81 bits per heavy atom. The number of carbonyl (C=O) groups is 2. The fourth-order valence-corrected chi connectivity index (χ4v) is 6.36. The van der Waals surface area contributed by atoms with E-state index in [1.807, 2.05) is 38.2 Å². The van der Waals surface area contributed by atoms with Gasteiger partial charge in [-0.05, 0) is 102 Å². The van der Waals surface area contributed by atoms with E-state index in [0.29, 0.717) is 60.0 Å². The highest BCUT2D eigenvalue weighted by Gasteiger charge is 2.45. The first-order valence-corrected chi connectivity index (χ1v) is 16.2. The van der Waals surface area contributed by atoms with E-state index in [4.69, 9.17) is 9.47 Å². The molecule has 2 aromatic heterocycles. The van der Waals surface area contributed by atoms with Crippen molar-refractivity contribution in [3.8, 4) is 5.75 Å². The van der Waals surface area contributed by atoms with Crippen LogP contribution < -0.4 is 15.0 Å². The average molecular weight is 649 g/mol. The number of benzene rings is 1. The summed E-state index contributed by atoms with van der Waals surface area (Å²) in [5, 5.41) is 13.5. The largest absolute Gasteiger partial charge is 0.493 e. The van der Waals surface area contributed by atoms with Crippen molar-refractivity contribution in [2.24, 2.45) is 5.41 Å². The lowest BCUT2D eigenvalue weighted by molar-refractivity contribution is -0.183. The fourth-order valence-electron chi connectivity index (χ4n) is 6.36. The van der Waals surface area contributed by atoms with Crippen LogP contribution in [0, 0.1) is 18.2 Å². The van der Waals surface area contributed by atoms with Crippen LogP contribution in [0.4, 0.5) is 10.2 Å². The molecule has 1 saturated heterocycles. The van der Waals surface area contributed by atoms with Gasteiger partial charge in [0.25, 0.3) is 5.91 Å². The smallest absolute Gasteiger partial charge is 0.340 e. The molecule has 0 aliphatic carbocycles. The van der Waals surface area contributed by atoms with Gasteiger partial charge in [0.15, 0.2) is 5.60 Å². The number of amides is 1. The van der Waals surface area contributed by atoms with E-state index in [1.54, 1.807) is 31.3 Å². The zero-order valence-corrected chi connectivity index (χ0v) is 28.6. The summed E-state index contributed by atoms with van der Waals surface area (Å²) < 4.78 is 28.0. The number of ether oxygens (including phenoxy) is 2. The quantitative estimate of drug-likeness (QED) is 0.139. The number of aromatic nitrogens is 2. The van der Waals surface area contributed by atoms with Crippen molar-refractivity contribution < 1.29 is 28.6 Å². The summed E-state index contributed by atoms with van der Waals surface area (Å²) >= 11 is 0. The first kappa shape index (κ1) is 35.7. The summed E-state index contributed by atoms with van der Waals surface area (Å²) in [6.45, 7) is 20.6. The second kappa shape index (κ2) is 14.3. The predicted octanol–water partition coefficient (Wildman–Crippen LogP) is 7.35. The van der Waals surface area contributed by atoms with Gasteiger partial charge in [-0.1, -0.05) is 19.1 Å². The molecular weight excluding hydrogens is 599 g/mol. The number of pyridine rings is 1. The van der Waals surface area contributed by atoms with E-state index in [2.05, 4.69) is 35.3 Å². The van der Waals surface area contributed by atoms with Gasteiger partial charge in [0.2, 0.25) is 0 Å². The van der Waals surface area contributed by atoms with E-state index in [1.165, 1.54) is 12.1 Å². The van der Waals surface area contributed by atoms with Gasteiger partial charge in [-0.3, -0.25) is 9.20 Å². The van der Waals surface area contributed by atoms with Crippen LogP contribution >= 0.6 is 0 Å². The number of hydrogen-bond acceptors (Lipinski definition) is 6. The topological polar surface area (TPSA) is 105 Å². The van der Waals surface area contributed by atoms with Crippen LogP contribution in [0.2, 0.25) is 0 Å². The van der Waals surface area contributed by atoms with Gasteiger partial charge in [-0.25, -0.2) is 14.2 Å². The lowest BCUT2D eigenvalue weighted by Crippen LogP contribution is -2.46. The molecule has 1 aliphatic rings. The molecule has 1 amide bonds. The van der Waals surface area contributed by atoms with Crippen LogP contribution in [0.3, 0.4) is 0 Å². The normalized spacial score (nSPS) is 16.0. The number of anilines is 1. The number of allylic oxidation sites excluding steroid dienone is 1. The molecule has 0 unspecified atom stereocenters. The molecule has 10 heteroatoms. The fraction of sp³-hybridized carbons (Fsp3) is 0.486. The van der Waals surface area contributed by atoms with Gasteiger partial charge in [0, 0.05) is 37.0 Å². The number of hydrogen-bond donors (Lipinski definition) is 2. The van der Waals surface area contributed by atoms with Crippen molar-refractivity contribution in [2.75, 3.05) is 24.6 Å². The minimum atomic E-state index is -1.69. The second-order valence-corrected chi connectivity index (χ2v) is 13.9. The standard InChI is InChI=1S/C37H49FN4O5/c1-9-11-15-36(7)16-18-41(19-17-36)33-31(37(8,34(44)45)47-35(4,5)6)25(3)21-30-40-28(24-42(30)33)32(43)39-23-26-22-27(38)13-14-29(26)46-20-12-10-2/h9-10,13-14,21-22,24H,1-2,11-12,15-20,23H2,3-8H3,(H,39,43)(H,44,45)/t37-/m0/s1. The molecule has 3 aromatic rings. The number of nitrogens with one attached hydrogen (secondary N) is 1.